The van der Waals surface area contributed by atoms with E-state index in [1.165, 1.54) is 54.1 Å². The van der Waals surface area contributed by atoms with Crippen molar-refractivity contribution in [2.45, 2.75) is 202 Å². The van der Waals surface area contributed by atoms with Crippen molar-refractivity contribution in [2.24, 2.45) is 10.9 Å². The summed E-state index contributed by atoms with van der Waals surface area (Å²) in [4.78, 5) is 201. The summed E-state index contributed by atoms with van der Waals surface area (Å²) in [7, 11) is 0. The van der Waals surface area contributed by atoms with E-state index in [9.17, 15) is 93.0 Å². The number of oxime groups is 1. The van der Waals surface area contributed by atoms with Gasteiger partial charge in [-0.3, -0.25) is 62.3 Å². The highest BCUT2D eigenvalue weighted by molar-refractivity contribution is 7.80. The lowest BCUT2D eigenvalue weighted by Crippen LogP contribution is -2.62. The fourth-order valence-electron chi connectivity index (χ4n) is 15.3. The van der Waals surface area contributed by atoms with Gasteiger partial charge in [0.1, 0.15) is 83.5 Å². The summed E-state index contributed by atoms with van der Waals surface area (Å²) in [5.41, 5.74) is 7.54. The number of nitrogens with zero attached hydrogens (tertiary/aromatic N) is 5. The SMILES string of the molecule is CC(/C=N\O[C@H]1C[C@@H](C(=O)N[C@@H](CCC(=O)O)C(=O)N[C@@H](CCC(=O)O)C(N)=O)N(C(=O)C2CCCCN2C(=O)[C@H](C)NC(=O)[C@@H](NC(=O)[C@@H]2CCCN2C(=O)[C@H](CCC(=O)O)NC(=O)[C@@H]2CCCN2C(=O)CCCCNC(=S)Nc2ccc3c(c2)C2(OC3=O)c3ccc(O)cc3Oc3cc(O)ccc32)[C@@H](C)O)C1)=C\c1ccccc1. The molecule has 6 aliphatic rings. The van der Waals surface area contributed by atoms with Crippen LogP contribution in [0, 0.1) is 0 Å². The summed E-state index contributed by atoms with van der Waals surface area (Å²) in [5.74, 6) is -13.0. The van der Waals surface area contributed by atoms with Crippen molar-refractivity contribution in [1.82, 2.24) is 51.5 Å². The number of aliphatic hydroxyl groups excluding tert-OH is 1. The van der Waals surface area contributed by atoms with E-state index in [4.69, 9.17) is 32.3 Å². The molecule has 1 spiro atoms. The molecule has 4 aromatic rings. The van der Waals surface area contributed by atoms with Crippen LogP contribution in [-0.4, -0.2) is 244 Å². The molecule has 620 valence electrons. The molecule has 4 aromatic carbocycles. The molecule has 0 saturated carbocycles. The minimum absolute atomic E-state index is 0.0218. The van der Waals surface area contributed by atoms with Gasteiger partial charge < -0.3 is 108 Å². The molecule has 36 nitrogen and oxygen atoms in total. The first kappa shape index (κ1) is 86.1. The average Bonchev–Trinajstić information content (AvgIpc) is 1.49. The first-order valence-electron chi connectivity index (χ1n) is 38.4. The number of benzene rings is 4. The Bertz CT molecular complexity index is 4470. The van der Waals surface area contributed by atoms with Crippen LogP contribution in [0.15, 0.2) is 95.7 Å². The third-order valence-corrected chi connectivity index (χ3v) is 21.3. The molecular formula is C79H95N13O23S. The molecule has 4 fully saturated rings. The minimum atomic E-state index is -1.77. The number of piperidine rings is 1. The van der Waals surface area contributed by atoms with E-state index in [1.54, 1.807) is 37.3 Å². The molecule has 6 aliphatic heterocycles. The molecule has 0 bridgehead atoms. The largest absolute Gasteiger partial charge is 0.508 e. The zero-order chi connectivity index (χ0) is 83.8. The Hall–Kier alpha value is -12.3. The summed E-state index contributed by atoms with van der Waals surface area (Å²) in [6.45, 7) is 4.41. The fraction of sp³-hybridized carbons (Fsp3) is 0.468. The molecule has 37 heteroatoms. The highest BCUT2D eigenvalue weighted by Crippen LogP contribution is 2.57. The number of phenols is 2. The number of carboxylic acids is 3. The quantitative estimate of drug-likeness (QED) is 0.0105. The van der Waals surface area contributed by atoms with Gasteiger partial charge in [0.25, 0.3) is 0 Å². The first-order chi connectivity index (χ1) is 55.3. The molecule has 6 heterocycles. The molecule has 116 heavy (non-hydrogen) atoms. The maximum Gasteiger partial charge on any atom is 0.340 e. The molecule has 4 saturated heterocycles. The van der Waals surface area contributed by atoms with Crippen molar-refractivity contribution in [3.05, 3.63) is 118 Å². The minimum Gasteiger partial charge on any atom is -0.508 e. The van der Waals surface area contributed by atoms with E-state index in [-0.39, 0.29) is 104 Å². The molecule has 0 aromatic heterocycles. The zero-order valence-corrected chi connectivity index (χ0v) is 64.8. The Kier molecular flexibility index (Phi) is 28.7. The average molecular weight is 1630 g/mol. The third kappa shape index (κ3) is 21.0. The molecule has 11 atom stereocenters. The van der Waals surface area contributed by atoms with Gasteiger partial charge in [-0.15, -0.1) is 0 Å². The maximum absolute atomic E-state index is 15.1. The van der Waals surface area contributed by atoms with Crippen LogP contribution in [0.2, 0.25) is 0 Å². The first-order valence-corrected chi connectivity index (χ1v) is 38.8. The van der Waals surface area contributed by atoms with E-state index in [0.29, 0.717) is 66.6 Å². The van der Waals surface area contributed by atoms with Crippen LogP contribution in [-0.2, 0) is 77.5 Å². The number of carbonyl (C=O) groups is 14. The molecule has 10 amide bonds. The van der Waals surface area contributed by atoms with E-state index < -0.39 is 188 Å². The lowest BCUT2D eigenvalue weighted by atomic mass is 9.77. The Morgan fingerprint density at radius 2 is 1.21 bits per heavy atom. The second kappa shape index (κ2) is 38.7. The fourth-order valence-corrected chi connectivity index (χ4v) is 15.5. The summed E-state index contributed by atoms with van der Waals surface area (Å²) in [6.07, 6.45) is -0.252. The number of esters is 1. The number of aliphatic hydroxyl groups is 1. The van der Waals surface area contributed by atoms with Gasteiger partial charge in [0, 0.05) is 92.8 Å². The molecule has 0 radical (unpaired) electrons. The van der Waals surface area contributed by atoms with Crippen molar-refractivity contribution < 1.29 is 112 Å². The maximum atomic E-state index is 15.1. The van der Waals surface area contributed by atoms with Crippen LogP contribution in [0.1, 0.15) is 163 Å². The predicted molar refractivity (Wildman–Crippen MR) is 415 cm³/mol. The van der Waals surface area contributed by atoms with Crippen molar-refractivity contribution in [1.29, 1.82) is 0 Å². The van der Waals surface area contributed by atoms with Gasteiger partial charge in [0.05, 0.1) is 24.4 Å². The Morgan fingerprint density at radius 1 is 0.629 bits per heavy atom. The molecule has 10 rings (SSSR count). The van der Waals surface area contributed by atoms with Crippen molar-refractivity contribution in [3.63, 3.8) is 0 Å². The van der Waals surface area contributed by atoms with Gasteiger partial charge in [-0.1, -0.05) is 41.6 Å². The number of hydrogen-bond acceptors (Lipinski definition) is 22. The van der Waals surface area contributed by atoms with Gasteiger partial charge in [-0.2, -0.15) is 0 Å². The number of primary amides is 1. The summed E-state index contributed by atoms with van der Waals surface area (Å²) < 4.78 is 12.2. The van der Waals surface area contributed by atoms with E-state index in [1.807, 2.05) is 36.4 Å². The van der Waals surface area contributed by atoms with Crippen LogP contribution in [0.3, 0.4) is 0 Å². The highest BCUT2D eigenvalue weighted by Gasteiger charge is 2.55. The number of carbonyl (C=O) groups excluding carboxylic acids is 11. The molecule has 0 aliphatic carbocycles. The Morgan fingerprint density at radius 3 is 1.84 bits per heavy atom. The summed E-state index contributed by atoms with van der Waals surface area (Å²) >= 11 is 5.64. The number of nitrogens with one attached hydrogen (secondary N) is 7. The van der Waals surface area contributed by atoms with Crippen LogP contribution in [0.4, 0.5) is 5.69 Å². The number of hydrogen-bond donors (Lipinski definition) is 14. The number of allylic oxidation sites excluding steroid dienone is 1. The van der Waals surface area contributed by atoms with Crippen LogP contribution in [0.25, 0.3) is 6.08 Å². The van der Waals surface area contributed by atoms with E-state index in [0.717, 1.165) is 15.4 Å². The molecule has 15 N–H and O–H groups in total. The summed E-state index contributed by atoms with van der Waals surface area (Å²) in [5, 5.41) is 83.4. The highest BCUT2D eigenvalue weighted by atomic mass is 32.1. The number of thiocarbonyl (C=S) groups is 1. The molecule has 1 unspecified atom stereocenters. The van der Waals surface area contributed by atoms with Gasteiger partial charge in [-0.05, 0) is 164 Å². The monoisotopic (exact) mass is 1630 g/mol. The number of rotatable bonds is 34. The van der Waals surface area contributed by atoms with Crippen LogP contribution >= 0.6 is 12.2 Å². The van der Waals surface area contributed by atoms with E-state index >= 15 is 4.79 Å². The van der Waals surface area contributed by atoms with Gasteiger partial charge in [0.15, 0.2) is 10.7 Å². The van der Waals surface area contributed by atoms with Crippen molar-refractivity contribution in [3.8, 4) is 23.0 Å². The second-order valence-electron chi connectivity index (χ2n) is 29.5. The smallest absolute Gasteiger partial charge is 0.340 e. The number of likely N-dealkylation sites (tertiary alicyclic amines) is 4. The third-order valence-electron chi connectivity index (χ3n) is 21.1. The Balaban J connectivity index is 0.736. The predicted octanol–water partition coefficient (Wildman–Crippen LogP) is 2.47. The van der Waals surface area contributed by atoms with Gasteiger partial charge >= 0.3 is 23.9 Å². The standard InChI is InChI=1S/C79H95N13O23S/c1-42(35-45-13-5-4-6-14-45)40-82-115-49-39-60(72(107)86-55(26-29-65(99)100)69(104)85-54(68(80)103)25-28-64(97)98)92(41-49)76(111)59-15-8-10-32-91(59)74(109)43(2)83-73(108)67(44(3)93)88-71(106)58-17-12-34-90(58)75(110)56(27-30-66(101)102)87-70(105)57-16-11-33-89(57)63(96)18-7-9-31-81-78(116)84-46-19-22-50-53(36-46)79(114-77(50)112)51-23-20-47(94)37-61(51)113-62-38-48(95)21-24-52(62)79/h4-6,13-14,19-24,35-38,40,43-44,49,54-60,67,93-95H,7-12,15-18,25-34,39,41H2,1-3H3,(H2,80,103)(H,83,108)(H,85,104)(H,86,107)(H,87,105)(H,88,106)(H,97,98)(H,99,100)(H,101,102)(H2,81,84,116)/b42-35+,82-40-/t43-,44+,49-,54-,55-,56-,57-,58-,59?,60-,67-/m0/s1. The number of anilines is 1. The number of unbranched alkanes of at least 4 members (excludes halogenated alkanes) is 1. The number of fused-ring (bicyclic) bond motifs is 6. The normalized spacial score (nSPS) is 20.1. The molecular weight excluding hydrogens is 1530 g/mol. The lowest BCUT2D eigenvalue weighted by Gasteiger charge is -2.39. The number of ether oxygens (including phenoxy) is 2. The number of aliphatic carboxylic acids is 3. The van der Waals surface area contributed by atoms with Gasteiger partial charge in [0.2, 0.25) is 59.1 Å². The lowest BCUT2D eigenvalue weighted by molar-refractivity contribution is -0.151. The topological polar surface area (TPSA) is 524 Å². The number of nitrogens with two attached hydrogens (primary N) is 1. The Labute approximate surface area is 671 Å². The number of aromatic hydroxyl groups is 2. The zero-order valence-electron chi connectivity index (χ0n) is 64.0. The van der Waals surface area contributed by atoms with E-state index in [2.05, 4.69) is 42.4 Å². The summed E-state index contributed by atoms with van der Waals surface area (Å²) in [6, 6.07) is 10.0. The van der Waals surface area contributed by atoms with Crippen molar-refractivity contribution in [2.75, 3.05) is 38.0 Å². The number of carboxylic acid groups (broad SMARTS) is 3. The number of phenolic OH excluding ortho intramolecular Hbond substituents is 2. The number of amides is 10. The van der Waals surface area contributed by atoms with Crippen LogP contribution < -0.4 is 47.7 Å². The second-order valence-corrected chi connectivity index (χ2v) is 29.9. The van der Waals surface area contributed by atoms with Crippen molar-refractivity contribution >= 4 is 118 Å². The van der Waals surface area contributed by atoms with Crippen LogP contribution in [0.5, 0.6) is 23.0 Å². The van der Waals surface area contributed by atoms with Gasteiger partial charge in [-0.25, -0.2) is 4.79 Å².